The zero-order valence-corrected chi connectivity index (χ0v) is 5.02. The standard InChI is InChI=1S/C3H5.Sm/c1-3-2;/h3H,1-2H2;/q-1;. The molecule has 0 spiro atoms. The maximum atomic E-state index is 3.25. The van der Waals surface area contributed by atoms with Gasteiger partial charge in [-0.2, -0.15) is 0 Å². The van der Waals surface area contributed by atoms with Gasteiger partial charge in [-0.05, 0) is 0 Å². The first-order valence-electron chi connectivity index (χ1n) is 0.816. The molecule has 0 aromatic rings. The van der Waals surface area contributed by atoms with Gasteiger partial charge in [-0.3, -0.25) is 0 Å². The number of hydrogen-bond acceptors (Lipinski definition) is 0. The second-order valence-electron chi connectivity index (χ2n) is 0.289. The predicted octanol–water partition coefficient (Wildman–Crippen LogP) is 1.01. The van der Waals surface area contributed by atoms with E-state index in [9.17, 15) is 0 Å². The molecular weight excluding hydrogens is 186 g/mol. The third kappa shape index (κ3) is 12.5. The second-order valence-corrected chi connectivity index (χ2v) is 0.289. The van der Waals surface area contributed by atoms with Crippen LogP contribution < -0.4 is 0 Å². The molecule has 0 aliphatic carbocycles. The summed E-state index contributed by atoms with van der Waals surface area (Å²) >= 11 is 0. The van der Waals surface area contributed by atoms with Crippen molar-refractivity contribution in [3.8, 4) is 0 Å². The molecule has 0 nitrogen and oxygen atoms in total. The van der Waals surface area contributed by atoms with Crippen molar-refractivity contribution in [3.05, 3.63) is 19.6 Å². The van der Waals surface area contributed by atoms with E-state index in [1.807, 2.05) is 0 Å². The first kappa shape index (κ1) is 8.87. The molecule has 0 bridgehead atoms. The quantitative estimate of drug-likeness (QED) is 0.501. The van der Waals surface area contributed by atoms with Crippen LogP contribution in [0.25, 0.3) is 0 Å². The SMILES string of the molecule is C=C[CH2-].[Sm]. The third-order valence-electron chi connectivity index (χ3n) is 0. The molecule has 0 N–H and O–H groups in total. The molecule has 0 aliphatic heterocycles. The number of rotatable bonds is 0. The molecule has 0 amide bonds. The van der Waals surface area contributed by atoms with Crippen LogP contribution in [0, 0.1) is 47.3 Å². The summed E-state index contributed by atoms with van der Waals surface area (Å²) in [6.07, 6.45) is 1.50. The van der Waals surface area contributed by atoms with Crippen molar-refractivity contribution in [2.45, 2.75) is 0 Å². The fourth-order valence-corrected chi connectivity index (χ4v) is 0. The first-order chi connectivity index (χ1) is 1.41. The van der Waals surface area contributed by atoms with E-state index in [1.165, 1.54) is 6.08 Å². The van der Waals surface area contributed by atoms with Gasteiger partial charge in [0.2, 0.25) is 0 Å². The van der Waals surface area contributed by atoms with Gasteiger partial charge in [0.15, 0.2) is 0 Å². The predicted molar refractivity (Wildman–Crippen MR) is 15.6 cm³/mol. The molecule has 0 atom stereocenters. The molecule has 0 fully saturated rings. The third-order valence-corrected chi connectivity index (χ3v) is 0. The summed E-state index contributed by atoms with van der Waals surface area (Å²) in [6.45, 7) is 6.50. The Bertz CT molecular complexity index is 10.8. The molecule has 1 heteroatoms. The first-order valence-corrected chi connectivity index (χ1v) is 0.816. The minimum Gasteiger partial charge on any atom is -0.245 e. The summed E-state index contributed by atoms with van der Waals surface area (Å²) in [4.78, 5) is 0. The molecule has 0 aliphatic rings. The average Bonchev–Trinajstić information content (AvgIpc) is 0.918. The molecule has 0 rings (SSSR count). The zero-order valence-electron chi connectivity index (χ0n) is 2.40. The zero-order chi connectivity index (χ0) is 2.71. The van der Waals surface area contributed by atoms with Crippen LogP contribution in [0.5, 0.6) is 0 Å². The minimum absolute atomic E-state index is 0. The fraction of sp³-hybridized carbons (Fsp3) is 0. The normalized spacial score (nSPS) is 3.00. The molecular formula is C3H5Sm-. The van der Waals surface area contributed by atoms with Crippen molar-refractivity contribution in [2.24, 2.45) is 0 Å². The van der Waals surface area contributed by atoms with Crippen LogP contribution in [-0.4, -0.2) is 0 Å². The maximum Gasteiger partial charge on any atom is 0 e. The van der Waals surface area contributed by atoms with Gasteiger partial charge in [0, 0.05) is 40.4 Å². The van der Waals surface area contributed by atoms with Crippen molar-refractivity contribution in [2.75, 3.05) is 0 Å². The molecule has 0 aromatic carbocycles. The van der Waals surface area contributed by atoms with E-state index in [1.54, 1.807) is 0 Å². The van der Waals surface area contributed by atoms with Crippen LogP contribution >= 0.6 is 0 Å². The molecule has 0 saturated heterocycles. The molecule has 0 unspecified atom stereocenters. The van der Waals surface area contributed by atoms with Crippen molar-refractivity contribution >= 4 is 0 Å². The van der Waals surface area contributed by atoms with Gasteiger partial charge in [-0.1, -0.05) is 0 Å². The average molecular weight is 191 g/mol. The van der Waals surface area contributed by atoms with E-state index >= 15 is 0 Å². The van der Waals surface area contributed by atoms with Gasteiger partial charge in [0.05, 0.1) is 0 Å². The van der Waals surface area contributed by atoms with Crippen LogP contribution in [0.4, 0.5) is 0 Å². The molecule has 4 heavy (non-hydrogen) atoms. The molecule has 0 saturated carbocycles. The van der Waals surface area contributed by atoms with Gasteiger partial charge in [0.25, 0.3) is 0 Å². The summed E-state index contributed by atoms with van der Waals surface area (Å²) in [6, 6.07) is 0. The summed E-state index contributed by atoms with van der Waals surface area (Å²) in [7, 11) is 0. The molecule has 0 aromatic heterocycles. The number of hydrogen-bond donors (Lipinski definition) is 0. The number of allylic oxidation sites excluding steroid dienone is 1. The van der Waals surface area contributed by atoms with Gasteiger partial charge in [-0.25, -0.2) is 19.6 Å². The monoisotopic (exact) mass is 193 g/mol. The van der Waals surface area contributed by atoms with Crippen molar-refractivity contribution in [1.82, 2.24) is 0 Å². The summed E-state index contributed by atoms with van der Waals surface area (Å²) in [5.41, 5.74) is 0. The molecule has 0 radical (unpaired) electrons. The van der Waals surface area contributed by atoms with Crippen LogP contribution in [0.3, 0.4) is 0 Å². The Balaban J connectivity index is 0. The summed E-state index contributed by atoms with van der Waals surface area (Å²) in [5.74, 6) is 0. The van der Waals surface area contributed by atoms with E-state index < -0.39 is 0 Å². The van der Waals surface area contributed by atoms with Crippen molar-refractivity contribution < 1.29 is 40.4 Å². The second kappa shape index (κ2) is 9.04. The maximum absolute atomic E-state index is 3.25. The van der Waals surface area contributed by atoms with Crippen molar-refractivity contribution in [3.63, 3.8) is 0 Å². The Morgan fingerprint density at radius 1 is 1.75 bits per heavy atom. The van der Waals surface area contributed by atoms with E-state index in [2.05, 4.69) is 13.5 Å². The van der Waals surface area contributed by atoms with Crippen LogP contribution in [0.15, 0.2) is 12.7 Å². The molecule has 0 heterocycles. The molecule has 24 valence electrons. The van der Waals surface area contributed by atoms with Gasteiger partial charge < -0.3 is 0 Å². The van der Waals surface area contributed by atoms with E-state index in [4.69, 9.17) is 0 Å². The van der Waals surface area contributed by atoms with Crippen molar-refractivity contribution in [1.29, 1.82) is 0 Å². The topological polar surface area (TPSA) is 0 Å². The Hall–Kier alpha value is 0.948. The Morgan fingerprint density at radius 2 is 1.75 bits per heavy atom. The van der Waals surface area contributed by atoms with E-state index in [0.29, 0.717) is 0 Å². The van der Waals surface area contributed by atoms with Crippen LogP contribution in [0.2, 0.25) is 0 Å². The van der Waals surface area contributed by atoms with E-state index in [0.717, 1.165) is 0 Å². The van der Waals surface area contributed by atoms with Gasteiger partial charge in [0.1, 0.15) is 0 Å². The van der Waals surface area contributed by atoms with E-state index in [-0.39, 0.29) is 40.4 Å². The largest absolute Gasteiger partial charge is 0.245 e. The van der Waals surface area contributed by atoms with Gasteiger partial charge in [-0.15, -0.1) is 0 Å². The Kier molecular flexibility index (Phi) is 20.1. The fourth-order valence-electron chi connectivity index (χ4n) is 0. The van der Waals surface area contributed by atoms with Crippen LogP contribution in [-0.2, 0) is 0 Å². The minimum atomic E-state index is 0. The van der Waals surface area contributed by atoms with Crippen LogP contribution in [0.1, 0.15) is 0 Å². The van der Waals surface area contributed by atoms with Gasteiger partial charge >= 0.3 is 0 Å². The smallest absolute Gasteiger partial charge is 0 e. The Morgan fingerprint density at radius 3 is 1.75 bits per heavy atom. The summed E-state index contributed by atoms with van der Waals surface area (Å²) in [5, 5.41) is 0. The Labute approximate surface area is 59.4 Å². The summed E-state index contributed by atoms with van der Waals surface area (Å²) < 4.78 is 0.